The van der Waals surface area contributed by atoms with Gasteiger partial charge in [-0.1, -0.05) is 0 Å². The van der Waals surface area contributed by atoms with Crippen LogP contribution in [0.25, 0.3) is 0 Å². The molecule has 0 heterocycles. The molecule has 0 unspecified atom stereocenters. The number of nitrogens with zero attached hydrogens (tertiary/aromatic N) is 1. The topological polar surface area (TPSA) is 202 Å². The Kier molecular flexibility index (Phi) is 13.8. The molecule has 11 nitrogen and oxygen atoms in total. The maximum absolute atomic E-state index is 12.4. The number of nitrogens with one attached hydrogen (secondary N) is 1. The SMILES string of the molecule is NCCCCNCCCN(C(=O)CC[C@H](N)C(=O)O)C(=O)CC[C@H](N)C(=O)O. The van der Waals surface area contributed by atoms with Crippen molar-refractivity contribution in [3.63, 3.8) is 0 Å². The fraction of sp³-hybridized carbons (Fsp3) is 0.765. The van der Waals surface area contributed by atoms with Crippen molar-refractivity contribution in [1.29, 1.82) is 0 Å². The number of nitrogens with two attached hydrogens (primary N) is 3. The van der Waals surface area contributed by atoms with Gasteiger partial charge in [0.25, 0.3) is 0 Å². The third-order valence-corrected chi connectivity index (χ3v) is 4.12. The van der Waals surface area contributed by atoms with Gasteiger partial charge >= 0.3 is 11.9 Å². The molecule has 0 saturated heterocycles. The number of carboxylic acids is 2. The van der Waals surface area contributed by atoms with Gasteiger partial charge in [0.1, 0.15) is 12.1 Å². The summed E-state index contributed by atoms with van der Waals surface area (Å²) in [6, 6.07) is -2.38. The van der Waals surface area contributed by atoms with Gasteiger partial charge in [0.15, 0.2) is 0 Å². The van der Waals surface area contributed by atoms with Crippen LogP contribution in [-0.4, -0.2) is 77.1 Å². The second kappa shape index (κ2) is 14.9. The number of carbonyl (C=O) groups is 4. The molecular formula is C17H33N5O6. The smallest absolute Gasteiger partial charge is 0.320 e. The molecule has 0 bridgehead atoms. The average molecular weight is 403 g/mol. The number of carbonyl (C=O) groups excluding carboxylic acids is 2. The van der Waals surface area contributed by atoms with Gasteiger partial charge in [0, 0.05) is 19.4 Å². The van der Waals surface area contributed by atoms with Gasteiger partial charge in [-0.2, -0.15) is 0 Å². The first kappa shape index (κ1) is 25.9. The zero-order valence-electron chi connectivity index (χ0n) is 16.1. The summed E-state index contributed by atoms with van der Waals surface area (Å²) in [4.78, 5) is 47.3. The number of carboxylic acid groups (broad SMARTS) is 2. The van der Waals surface area contributed by atoms with E-state index >= 15 is 0 Å². The first-order valence-corrected chi connectivity index (χ1v) is 9.41. The second-order valence-electron chi connectivity index (χ2n) is 6.51. The van der Waals surface area contributed by atoms with Crippen LogP contribution >= 0.6 is 0 Å². The Labute approximate surface area is 164 Å². The monoisotopic (exact) mass is 403 g/mol. The molecule has 2 atom stereocenters. The van der Waals surface area contributed by atoms with E-state index in [0.29, 0.717) is 19.5 Å². The minimum absolute atomic E-state index is 0.0933. The van der Waals surface area contributed by atoms with Crippen LogP contribution < -0.4 is 22.5 Å². The third kappa shape index (κ3) is 11.6. The van der Waals surface area contributed by atoms with Gasteiger partial charge in [-0.25, -0.2) is 0 Å². The van der Waals surface area contributed by atoms with Crippen molar-refractivity contribution in [3.8, 4) is 0 Å². The summed E-state index contributed by atoms with van der Waals surface area (Å²) < 4.78 is 0. The number of unbranched alkanes of at least 4 members (excludes halogenated alkanes) is 1. The van der Waals surface area contributed by atoms with Crippen molar-refractivity contribution < 1.29 is 29.4 Å². The molecule has 11 heteroatoms. The number of imide groups is 1. The standard InChI is InChI=1S/C17H33N5O6/c18-8-1-2-9-21-10-3-11-22(14(23)6-4-12(19)16(25)26)15(24)7-5-13(20)17(27)28/h12-13,21H,1-11,18-20H2,(H,25,26)(H,27,28)/t12-,13-/m0/s1. The van der Waals surface area contributed by atoms with Crippen LogP contribution in [0.15, 0.2) is 0 Å². The number of hydrogen-bond donors (Lipinski definition) is 6. The molecule has 0 aliphatic carbocycles. The molecule has 162 valence electrons. The molecule has 0 saturated carbocycles. The van der Waals surface area contributed by atoms with Gasteiger partial charge in [-0.05, 0) is 51.7 Å². The van der Waals surface area contributed by atoms with Crippen molar-refractivity contribution in [1.82, 2.24) is 10.2 Å². The highest BCUT2D eigenvalue weighted by molar-refractivity contribution is 5.95. The van der Waals surface area contributed by atoms with E-state index in [0.717, 1.165) is 24.3 Å². The van der Waals surface area contributed by atoms with Crippen LogP contribution in [0.1, 0.15) is 44.9 Å². The minimum atomic E-state index is -1.22. The molecule has 0 spiro atoms. The molecule has 0 radical (unpaired) electrons. The van der Waals surface area contributed by atoms with Gasteiger partial charge in [-0.3, -0.25) is 24.1 Å². The fourth-order valence-corrected chi connectivity index (χ4v) is 2.34. The first-order valence-electron chi connectivity index (χ1n) is 9.41. The minimum Gasteiger partial charge on any atom is -0.480 e. The Hall–Kier alpha value is -2.08. The molecule has 0 aliphatic heterocycles. The number of aliphatic carboxylic acids is 2. The molecule has 0 fully saturated rings. The molecule has 28 heavy (non-hydrogen) atoms. The maximum Gasteiger partial charge on any atom is 0.320 e. The Bertz CT molecular complexity index is 480. The van der Waals surface area contributed by atoms with Crippen LogP contribution in [-0.2, 0) is 19.2 Å². The van der Waals surface area contributed by atoms with Gasteiger partial charge < -0.3 is 32.7 Å². The Morgan fingerprint density at radius 1 is 0.821 bits per heavy atom. The largest absolute Gasteiger partial charge is 0.480 e. The van der Waals surface area contributed by atoms with E-state index in [2.05, 4.69) is 5.32 Å². The average Bonchev–Trinajstić information content (AvgIpc) is 2.65. The van der Waals surface area contributed by atoms with E-state index < -0.39 is 35.8 Å². The Morgan fingerprint density at radius 3 is 1.71 bits per heavy atom. The van der Waals surface area contributed by atoms with Crippen molar-refractivity contribution in [3.05, 3.63) is 0 Å². The lowest BCUT2D eigenvalue weighted by Crippen LogP contribution is -2.41. The predicted molar refractivity (Wildman–Crippen MR) is 102 cm³/mol. The first-order chi connectivity index (χ1) is 13.2. The van der Waals surface area contributed by atoms with E-state index in [1.807, 2.05) is 0 Å². The number of amides is 2. The van der Waals surface area contributed by atoms with E-state index in [9.17, 15) is 19.2 Å². The summed E-state index contributed by atoms with van der Waals surface area (Å²) in [7, 11) is 0. The predicted octanol–water partition coefficient (Wildman–Crippen LogP) is -1.56. The molecule has 0 aliphatic rings. The van der Waals surface area contributed by atoms with Crippen molar-refractivity contribution >= 4 is 23.8 Å². The molecule has 0 aromatic rings. The lowest BCUT2D eigenvalue weighted by Gasteiger charge is -2.22. The van der Waals surface area contributed by atoms with Crippen LogP contribution in [0.4, 0.5) is 0 Å². The van der Waals surface area contributed by atoms with Crippen molar-refractivity contribution in [2.45, 2.75) is 57.0 Å². The van der Waals surface area contributed by atoms with Crippen LogP contribution in [0.5, 0.6) is 0 Å². The van der Waals surface area contributed by atoms with Crippen LogP contribution in [0.2, 0.25) is 0 Å². The van der Waals surface area contributed by atoms with Crippen molar-refractivity contribution in [2.75, 3.05) is 26.2 Å². The maximum atomic E-state index is 12.4. The Morgan fingerprint density at radius 2 is 1.29 bits per heavy atom. The van der Waals surface area contributed by atoms with E-state index in [1.165, 1.54) is 0 Å². The Balaban J connectivity index is 4.62. The van der Waals surface area contributed by atoms with Crippen LogP contribution in [0.3, 0.4) is 0 Å². The number of hydrogen-bond acceptors (Lipinski definition) is 8. The summed E-state index contributed by atoms with van der Waals surface area (Å²) >= 11 is 0. The summed E-state index contributed by atoms with van der Waals surface area (Å²) in [5.74, 6) is -3.51. The molecule has 0 aromatic heterocycles. The molecule has 9 N–H and O–H groups in total. The van der Waals surface area contributed by atoms with E-state index in [1.54, 1.807) is 0 Å². The lowest BCUT2D eigenvalue weighted by atomic mass is 10.1. The third-order valence-electron chi connectivity index (χ3n) is 4.12. The number of rotatable bonds is 16. The van der Waals surface area contributed by atoms with Gasteiger partial charge in [0.2, 0.25) is 11.8 Å². The summed E-state index contributed by atoms with van der Waals surface area (Å²) in [6.07, 6.45) is 1.79. The normalized spacial score (nSPS) is 13.0. The van der Waals surface area contributed by atoms with E-state index in [4.69, 9.17) is 27.4 Å². The highest BCUT2D eigenvalue weighted by Crippen LogP contribution is 2.07. The molecule has 2 amide bonds. The fourth-order valence-electron chi connectivity index (χ4n) is 2.34. The zero-order chi connectivity index (χ0) is 21.5. The quantitative estimate of drug-likeness (QED) is 0.164. The molecule has 0 rings (SSSR count). The van der Waals surface area contributed by atoms with Crippen LogP contribution in [0, 0.1) is 0 Å². The molecular weight excluding hydrogens is 370 g/mol. The summed E-state index contributed by atoms with van der Waals surface area (Å²) in [6.45, 7) is 2.13. The van der Waals surface area contributed by atoms with E-state index in [-0.39, 0.29) is 32.2 Å². The molecule has 0 aromatic carbocycles. The zero-order valence-corrected chi connectivity index (χ0v) is 16.1. The summed E-state index contributed by atoms with van der Waals surface area (Å²) in [5, 5.41) is 20.8. The summed E-state index contributed by atoms with van der Waals surface area (Å²) in [5.41, 5.74) is 16.2. The van der Waals surface area contributed by atoms with Gasteiger partial charge in [-0.15, -0.1) is 0 Å². The van der Waals surface area contributed by atoms with Crippen molar-refractivity contribution in [2.24, 2.45) is 17.2 Å². The highest BCUT2D eigenvalue weighted by atomic mass is 16.4. The van der Waals surface area contributed by atoms with Gasteiger partial charge in [0.05, 0.1) is 0 Å². The lowest BCUT2D eigenvalue weighted by molar-refractivity contribution is -0.145. The highest BCUT2D eigenvalue weighted by Gasteiger charge is 2.24. The second-order valence-corrected chi connectivity index (χ2v) is 6.51.